The van der Waals surface area contributed by atoms with Crippen molar-refractivity contribution < 1.29 is 18.4 Å². The van der Waals surface area contributed by atoms with Crippen LogP contribution in [-0.4, -0.2) is 21.9 Å². The number of rotatable bonds is 2. The lowest BCUT2D eigenvalue weighted by Crippen LogP contribution is -2.29. The number of amides is 1. The summed E-state index contributed by atoms with van der Waals surface area (Å²) in [6.07, 6.45) is 0. The van der Waals surface area contributed by atoms with Gasteiger partial charge in [0.2, 0.25) is 0 Å². The van der Waals surface area contributed by atoms with E-state index in [2.05, 4.69) is 10.2 Å². The zero-order valence-corrected chi connectivity index (χ0v) is 11.1. The van der Waals surface area contributed by atoms with Crippen LogP contribution < -0.4 is 4.90 Å². The Labute approximate surface area is 122 Å². The number of fused-ring (bicyclic) bond motifs is 1. The van der Waals surface area contributed by atoms with Crippen LogP contribution in [-0.2, 0) is 11.3 Å². The summed E-state index contributed by atoms with van der Waals surface area (Å²) in [5.41, 5.74) is -0.208. The van der Waals surface area contributed by atoms with Crippen LogP contribution in [0.4, 0.5) is 14.5 Å². The molecule has 0 unspecified atom stereocenters. The quantitative estimate of drug-likeness (QED) is 0.797. The lowest BCUT2D eigenvalue weighted by molar-refractivity contribution is -0.114. The minimum Gasteiger partial charge on any atom is -0.298 e. The lowest BCUT2D eigenvalue weighted by Gasteiger charge is -2.15. The van der Waals surface area contributed by atoms with Gasteiger partial charge in [-0.3, -0.25) is 14.5 Å². The first-order valence-electron chi connectivity index (χ1n) is 5.80. The van der Waals surface area contributed by atoms with Crippen molar-refractivity contribution in [3.8, 4) is 0 Å². The molecule has 0 bridgehead atoms. The molecule has 0 aliphatic carbocycles. The van der Waals surface area contributed by atoms with E-state index in [9.17, 15) is 18.4 Å². The molecule has 1 aromatic heterocycles. The molecule has 0 N–H and O–H groups in total. The van der Waals surface area contributed by atoms with Crippen molar-refractivity contribution in [1.29, 1.82) is 0 Å². The number of carbonyl (C=O) groups is 2. The van der Waals surface area contributed by atoms with Crippen LogP contribution in [0.5, 0.6) is 0 Å². The van der Waals surface area contributed by atoms with Gasteiger partial charge in [0.05, 0.1) is 23.5 Å². The maximum atomic E-state index is 13.7. The van der Waals surface area contributed by atoms with Crippen LogP contribution in [0.25, 0.3) is 0 Å². The number of halogens is 3. The molecule has 1 aliphatic heterocycles. The molecule has 0 radical (unpaired) electrons. The number of benzene rings is 1. The molecule has 1 amide bonds. The first-order valence-corrected chi connectivity index (χ1v) is 6.18. The summed E-state index contributed by atoms with van der Waals surface area (Å²) in [7, 11) is 0. The molecule has 1 aliphatic rings. The van der Waals surface area contributed by atoms with Crippen LogP contribution in [0.15, 0.2) is 24.3 Å². The van der Waals surface area contributed by atoms with Gasteiger partial charge in [-0.15, -0.1) is 5.10 Å². The number of anilines is 1. The number of hydrogen-bond donors (Lipinski definition) is 0. The fourth-order valence-corrected chi connectivity index (χ4v) is 2.18. The summed E-state index contributed by atoms with van der Waals surface area (Å²) < 4.78 is 27.0. The minimum absolute atomic E-state index is 0.112. The predicted molar refractivity (Wildman–Crippen MR) is 68.9 cm³/mol. The van der Waals surface area contributed by atoms with Crippen molar-refractivity contribution in [2.24, 2.45) is 0 Å². The maximum absolute atomic E-state index is 13.7. The third-order valence-electron chi connectivity index (χ3n) is 3.00. The van der Waals surface area contributed by atoms with Crippen molar-refractivity contribution in [2.45, 2.75) is 6.54 Å². The fourth-order valence-electron chi connectivity index (χ4n) is 2.08. The van der Waals surface area contributed by atoms with Crippen molar-refractivity contribution >= 4 is 29.0 Å². The van der Waals surface area contributed by atoms with E-state index in [1.807, 2.05) is 0 Å². The van der Waals surface area contributed by atoms with Crippen LogP contribution in [0.3, 0.4) is 0 Å². The molecular weight excluding hydrogens is 304 g/mol. The second kappa shape index (κ2) is 4.85. The molecule has 2 aromatic rings. The van der Waals surface area contributed by atoms with E-state index in [4.69, 9.17) is 11.6 Å². The molecule has 106 valence electrons. The molecule has 0 spiro atoms. The normalized spacial score (nSPS) is 13.8. The van der Waals surface area contributed by atoms with Gasteiger partial charge >= 0.3 is 0 Å². The Morgan fingerprint density at radius 2 is 1.90 bits per heavy atom. The number of ketones is 1. The Kier molecular flexibility index (Phi) is 3.13. The van der Waals surface area contributed by atoms with Gasteiger partial charge in [-0.25, -0.2) is 8.78 Å². The van der Waals surface area contributed by atoms with Crippen molar-refractivity contribution in [3.63, 3.8) is 0 Å². The third-order valence-corrected chi connectivity index (χ3v) is 3.20. The highest BCUT2D eigenvalue weighted by Crippen LogP contribution is 2.32. The molecule has 8 heteroatoms. The summed E-state index contributed by atoms with van der Waals surface area (Å²) in [5, 5.41) is 7.51. The van der Waals surface area contributed by atoms with Gasteiger partial charge in [-0.1, -0.05) is 11.6 Å². The van der Waals surface area contributed by atoms with E-state index >= 15 is 0 Å². The molecule has 5 nitrogen and oxygen atoms in total. The first-order chi connectivity index (χ1) is 9.97. The largest absolute Gasteiger partial charge is 0.299 e. The predicted octanol–water partition coefficient (Wildman–Crippen LogP) is 2.14. The van der Waals surface area contributed by atoms with Crippen molar-refractivity contribution in [3.05, 3.63) is 52.3 Å². The molecule has 21 heavy (non-hydrogen) atoms. The van der Waals surface area contributed by atoms with E-state index in [0.717, 1.165) is 11.0 Å². The summed E-state index contributed by atoms with van der Waals surface area (Å²) in [6, 6.07) is 4.46. The Morgan fingerprint density at radius 1 is 1.14 bits per heavy atom. The highest BCUT2D eigenvalue weighted by Gasteiger charge is 2.39. The van der Waals surface area contributed by atoms with Crippen molar-refractivity contribution in [1.82, 2.24) is 10.2 Å². The van der Waals surface area contributed by atoms with Gasteiger partial charge in [0.15, 0.2) is 5.15 Å². The Hall–Kier alpha value is -2.41. The second-order valence-corrected chi connectivity index (χ2v) is 4.74. The molecule has 1 aromatic carbocycles. The maximum Gasteiger partial charge on any atom is 0.299 e. The zero-order valence-electron chi connectivity index (χ0n) is 10.3. The summed E-state index contributed by atoms with van der Waals surface area (Å²) in [4.78, 5) is 24.6. The Balaban J connectivity index is 2.03. The van der Waals surface area contributed by atoms with Crippen molar-refractivity contribution in [2.75, 3.05) is 4.90 Å². The van der Waals surface area contributed by atoms with Gasteiger partial charge < -0.3 is 0 Å². The summed E-state index contributed by atoms with van der Waals surface area (Å²) in [6.45, 7) is -0.134. The molecule has 0 fully saturated rings. The molecule has 0 saturated heterocycles. The number of nitrogens with zero attached hydrogens (tertiary/aromatic N) is 3. The van der Waals surface area contributed by atoms with Gasteiger partial charge in [0.25, 0.3) is 11.7 Å². The topological polar surface area (TPSA) is 63.2 Å². The fraction of sp³-hybridized carbons (Fsp3) is 0.0769. The highest BCUT2D eigenvalue weighted by atomic mass is 35.5. The van der Waals surface area contributed by atoms with E-state index in [1.54, 1.807) is 0 Å². The van der Waals surface area contributed by atoms with Crippen LogP contribution in [0, 0.1) is 11.6 Å². The van der Waals surface area contributed by atoms with E-state index in [0.29, 0.717) is 11.8 Å². The third kappa shape index (κ3) is 2.25. The summed E-state index contributed by atoms with van der Waals surface area (Å²) >= 11 is 5.60. The molecular formula is C13H6ClF2N3O2. The Morgan fingerprint density at radius 3 is 2.57 bits per heavy atom. The van der Waals surface area contributed by atoms with Crippen LogP contribution >= 0.6 is 11.6 Å². The van der Waals surface area contributed by atoms with E-state index in [-0.39, 0.29) is 17.4 Å². The smallest absolute Gasteiger partial charge is 0.298 e. The van der Waals surface area contributed by atoms with Gasteiger partial charge in [-0.2, -0.15) is 5.10 Å². The number of aromatic nitrogens is 2. The minimum atomic E-state index is -1.06. The molecule has 3 rings (SSSR count). The monoisotopic (exact) mass is 309 g/mol. The van der Waals surface area contributed by atoms with Crippen LogP contribution in [0.2, 0.25) is 5.15 Å². The molecule has 0 saturated carbocycles. The highest BCUT2D eigenvalue weighted by molar-refractivity contribution is 6.52. The average molecular weight is 310 g/mol. The van der Waals surface area contributed by atoms with Gasteiger partial charge in [0.1, 0.15) is 11.6 Å². The second-order valence-electron chi connectivity index (χ2n) is 4.35. The molecule has 2 heterocycles. The standard InChI is InChI=1S/C13H6ClF2N3O2/c14-10-2-1-7(17-18-10)5-19-9-4-6(15)3-8(16)11(9)12(20)13(19)21/h1-4H,5H2. The number of hydrogen-bond acceptors (Lipinski definition) is 4. The summed E-state index contributed by atoms with van der Waals surface area (Å²) in [5.74, 6) is -3.88. The number of carbonyl (C=O) groups excluding carboxylic acids is 2. The molecule has 0 atom stereocenters. The van der Waals surface area contributed by atoms with Crippen LogP contribution in [0.1, 0.15) is 16.1 Å². The average Bonchev–Trinajstić information content (AvgIpc) is 2.66. The van der Waals surface area contributed by atoms with Gasteiger partial charge in [-0.05, 0) is 18.2 Å². The Bertz CT molecular complexity index is 765. The van der Waals surface area contributed by atoms with Gasteiger partial charge in [0, 0.05) is 6.07 Å². The van der Waals surface area contributed by atoms with E-state index < -0.39 is 28.9 Å². The lowest BCUT2D eigenvalue weighted by atomic mass is 10.1. The first kappa shape index (κ1) is 13.6. The SMILES string of the molecule is O=C1C(=O)N(Cc2ccc(Cl)nn2)c2cc(F)cc(F)c21. The van der Waals surface area contributed by atoms with E-state index in [1.165, 1.54) is 12.1 Å². The number of Topliss-reactive ketones (excluding diaryl/α,β-unsaturated/α-hetero) is 1. The zero-order chi connectivity index (χ0) is 15.1.